The Bertz CT molecular complexity index is 1890. The van der Waals surface area contributed by atoms with Crippen molar-refractivity contribution in [2.24, 2.45) is 5.92 Å². The second-order valence-corrected chi connectivity index (χ2v) is 18.5. The number of nitrogens with one attached hydrogen (secondary N) is 1. The van der Waals surface area contributed by atoms with E-state index < -0.39 is 9.76 Å². The quantitative estimate of drug-likeness (QED) is 0.148. The monoisotopic (exact) mass is 710 g/mol. The minimum Gasteiger partial charge on any atom is -0.421 e. The molecule has 6 nitrogen and oxygen atoms in total. The molecule has 1 saturated carbocycles. The molecule has 1 atom stereocenters. The van der Waals surface area contributed by atoms with Gasteiger partial charge in [0.2, 0.25) is 5.91 Å². The lowest BCUT2D eigenvalue weighted by Crippen LogP contribution is -2.55. The number of rotatable bonds is 10. The molecule has 270 valence electrons. The summed E-state index contributed by atoms with van der Waals surface area (Å²) in [5, 5.41) is 1.34. The van der Waals surface area contributed by atoms with Crippen LogP contribution in [-0.2, 0) is 15.6 Å². The molecule has 8 rings (SSSR count). The molecular weight excluding hydrogens is 657 g/mol. The SMILES string of the molecule is CC(C)([SiH2]OC1CCC(C(=O)N2c3ccccc3CCC2CN2CCN(c3cccc4[nH]ccc34)CC2)CC1)C(c1ccccc1)c1ccccc1. The number of aromatic amines is 1. The molecule has 0 spiro atoms. The zero-order chi connectivity index (χ0) is 35.5. The number of nitrogens with zero attached hydrogens (tertiary/aromatic N) is 3. The van der Waals surface area contributed by atoms with Crippen LogP contribution in [0.5, 0.6) is 0 Å². The molecule has 1 aliphatic carbocycles. The van der Waals surface area contributed by atoms with Crippen LogP contribution in [-0.4, -0.2) is 70.4 Å². The molecule has 7 heteroatoms. The van der Waals surface area contributed by atoms with E-state index in [0.717, 1.165) is 76.9 Å². The number of fused-ring (bicyclic) bond motifs is 2. The highest BCUT2D eigenvalue weighted by atomic mass is 28.2. The fourth-order valence-electron chi connectivity index (χ4n) is 9.37. The van der Waals surface area contributed by atoms with Gasteiger partial charge in [-0.25, -0.2) is 0 Å². The van der Waals surface area contributed by atoms with Crippen molar-refractivity contribution in [3.05, 3.63) is 132 Å². The molecule has 2 aliphatic heterocycles. The highest BCUT2D eigenvalue weighted by Gasteiger charge is 2.39. The van der Waals surface area contributed by atoms with Crippen LogP contribution in [0.25, 0.3) is 10.9 Å². The maximum atomic E-state index is 14.6. The number of H-pyrrole nitrogens is 1. The van der Waals surface area contributed by atoms with Gasteiger partial charge in [0.15, 0.2) is 9.76 Å². The van der Waals surface area contributed by atoms with Crippen molar-refractivity contribution >= 4 is 37.9 Å². The summed E-state index contributed by atoms with van der Waals surface area (Å²) >= 11 is 0. The third-order valence-corrected chi connectivity index (χ3v) is 13.9. The topological polar surface area (TPSA) is 51.8 Å². The summed E-state index contributed by atoms with van der Waals surface area (Å²) in [5.74, 6) is 0.689. The number of hydrogen-bond acceptors (Lipinski definition) is 4. The van der Waals surface area contributed by atoms with Gasteiger partial charge < -0.3 is 19.2 Å². The molecule has 2 fully saturated rings. The third-order valence-electron chi connectivity index (χ3n) is 12.1. The second-order valence-electron chi connectivity index (χ2n) is 16.1. The Balaban J connectivity index is 0.900. The average Bonchev–Trinajstić information content (AvgIpc) is 3.68. The highest BCUT2D eigenvalue weighted by molar-refractivity contribution is 6.32. The first-order valence-corrected chi connectivity index (χ1v) is 20.9. The van der Waals surface area contributed by atoms with E-state index in [0.29, 0.717) is 11.8 Å². The standard InChI is InChI=1S/C45H54N4O2Si/c1-45(2,43(34-13-5-3-6-14-34)35-15-7-4-8-16-35)52-51-38-24-21-36(22-25-38)44(50)49-37(23-20-33-12-9-10-18-41(33)49)32-47-28-30-48(31-29-47)42-19-11-17-40-39(42)26-27-46-40/h3-19,26-27,36-38,43,46H,20-25,28-32,52H2,1-2H3. The maximum absolute atomic E-state index is 14.6. The van der Waals surface area contributed by atoms with Crippen LogP contribution < -0.4 is 9.80 Å². The van der Waals surface area contributed by atoms with Gasteiger partial charge in [-0.3, -0.25) is 9.69 Å². The molecule has 5 aromatic rings. The summed E-state index contributed by atoms with van der Waals surface area (Å²) < 4.78 is 6.88. The number of hydrogen-bond donors (Lipinski definition) is 1. The number of carbonyl (C=O) groups excluding carboxylic acids is 1. The molecule has 52 heavy (non-hydrogen) atoms. The molecule has 0 radical (unpaired) electrons. The van der Waals surface area contributed by atoms with Crippen LogP contribution in [0.2, 0.25) is 5.04 Å². The molecule has 1 N–H and O–H groups in total. The highest BCUT2D eigenvalue weighted by Crippen LogP contribution is 2.46. The van der Waals surface area contributed by atoms with Crippen LogP contribution in [0.15, 0.2) is 115 Å². The van der Waals surface area contributed by atoms with Gasteiger partial charge in [0.25, 0.3) is 0 Å². The van der Waals surface area contributed by atoms with Crippen molar-refractivity contribution in [2.45, 2.75) is 75.5 Å². The Morgan fingerprint density at radius 2 is 1.42 bits per heavy atom. The lowest BCUT2D eigenvalue weighted by atomic mass is 9.82. The molecule has 1 saturated heterocycles. The zero-order valence-corrected chi connectivity index (χ0v) is 32.3. The van der Waals surface area contributed by atoms with Crippen LogP contribution in [0.4, 0.5) is 11.4 Å². The van der Waals surface area contributed by atoms with Crippen molar-refractivity contribution in [2.75, 3.05) is 42.5 Å². The first-order chi connectivity index (χ1) is 25.4. The first-order valence-electron chi connectivity index (χ1n) is 19.6. The summed E-state index contributed by atoms with van der Waals surface area (Å²) in [6.07, 6.45) is 8.10. The van der Waals surface area contributed by atoms with E-state index in [-0.39, 0.29) is 23.1 Å². The van der Waals surface area contributed by atoms with Crippen molar-refractivity contribution in [1.82, 2.24) is 9.88 Å². The van der Waals surface area contributed by atoms with Gasteiger partial charge in [0, 0.05) is 85.2 Å². The average molecular weight is 711 g/mol. The predicted molar refractivity (Wildman–Crippen MR) is 217 cm³/mol. The predicted octanol–water partition coefficient (Wildman–Crippen LogP) is 8.33. The van der Waals surface area contributed by atoms with Crippen LogP contribution in [0, 0.1) is 5.92 Å². The van der Waals surface area contributed by atoms with Crippen molar-refractivity contribution in [1.29, 1.82) is 0 Å². The Morgan fingerprint density at radius 3 is 2.13 bits per heavy atom. The molecule has 3 heterocycles. The van der Waals surface area contributed by atoms with Gasteiger partial charge in [-0.15, -0.1) is 0 Å². The van der Waals surface area contributed by atoms with E-state index >= 15 is 0 Å². The summed E-state index contributed by atoms with van der Waals surface area (Å²) in [4.78, 5) is 25.3. The minimum absolute atomic E-state index is 0.0426. The van der Waals surface area contributed by atoms with Crippen LogP contribution >= 0.6 is 0 Å². The molecule has 3 aliphatic rings. The van der Waals surface area contributed by atoms with Crippen LogP contribution in [0.1, 0.15) is 68.6 Å². The molecule has 1 unspecified atom stereocenters. The molecular formula is C45H54N4O2Si. The number of carbonyl (C=O) groups is 1. The molecule has 1 aromatic heterocycles. The lowest BCUT2D eigenvalue weighted by molar-refractivity contribution is -0.124. The summed E-state index contributed by atoms with van der Waals surface area (Å²) in [7, 11) is -0.894. The minimum atomic E-state index is -0.894. The normalized spacial score (nSPS) is 21.6. The van der Waals surface area contributed by atoms with Crippen LogP contribution in [0.3, 0.4) is 0 Å². The van der Waals surface area contributed by atoms with E-state index in [1.807, 2.05) is 6.20 Å². The molecule has 1 amide bonds. The third kappa shape index (κ3) is 7.36. The van der Waals surface area contributed by atoms with E-state index in [4.69, 9.17) is 4.43 Å². The van der Waals surface area contributed by atoms with Crippen molar-refractivity contribution in [3.63, 3.8) is 0 Å². The Labute approximate surface area is 312 Å². The van der Waals surface area contributed by atoms with E-state index in [1.165, 1.54) is 33.3 Å². The van der Waals surface area contributed by atoms with Gasteiger partial charge in [-0.2, -0.15) is 0 Å². The maximum Gasteiger partial charge on any atom is 0.230 e. The van der Waals surface area contributed by atoms with Gasteiger partial charge in [0.05, 0.1) is 0 Å². The second kappa shape index (κ2) is 15.4. The number of aromatic nitrogens is 1. The first kappa shape index (κ1) is 34.9. The van der Waals surface area contributed by atoms with Gasteiger partial charge in [0.1, 0.15) is 0 Å². The Hall–Kier alpha value is -4.17. The number of para-hydroxylation sites is 1. The van der Waals surface area contributed by atoms with E-state index in [9.17, 15) is 4.79 Å². The molecule has 4 aromatic carbocycles. The summed E-state index contributed by atoms with van der Waals surface area (Å²) in [6, 6.07) is 39.5. The number of benzene rings is 4. The Morgan fingerprint density at radius 1 is 0.769 bits per heavy atom. The van der Waals surface area contributed by atoms with Crippen molar-refractivity contribution in [3.8, 4) is 0 Å². The number of piperazine rings is 1. The fourth-order valence-corrected chi connectivity index (χ4v) is 11.0. The Kier molecular flexibility index (Phi) is 10.4. The number of anilines is 2. The fraction of sp³-hybridized carbons (Fsp3) is 0.400. The number of amides is 1. The van der Waals surface area contributed by atoms with Gasteiger partial charge in [-0.1, -0.05) is 98.8 Å². The smallest absolute Gasteiger partial charge is 0.230 e. The van der Waals surface area contributed by atoms with Gasteiger partial charge in [-0.05, 0) is 84.5 Å². The van der Waals surface area contributed by atoms with Gasteiger partial charge >= 0.3 is 0 Å². The van der Waals surface area contributed by atoms with Crippen molar-refractivity contribution < 1.29 is 9.22 Å². The molecule has 0 bridgehead atoms. The van der Waals surface area contributed by atoms with E-state index in [2.05, 4.69) is 143 Å². The number of aryl methyl sites for hydroxylation is 1. The largest absolute Gasteiger partial charge is 0.421 e. The lowest BCUT2D eigenvalue weighted by Gasteiger charge is -2.44. The van der Waals surface area contributed by atoms with E-state index in [1.54, 1.807) is 0 Å². The summed E-state index contributed by atoms with van der Waals surface area (Å²) in [5.41, 5.74) is 7.68. The summed E-state index contributed by atoms with van der Waals surface area (Å²) in [6.45, 7) is 9.76. The zero-order valence-electron chi connectivity index (χ0n) is 30.9.